The molecule has 2 unspecified atom stereocenters. The molecule has 26 nitrogen and oxygen atoms in total. The summed E-state index contributed by atoms with van der Waals surface area (Å²) in [4.78, 5) is 153. The Morgan fingerprint density at radius 1 is 0.733 bits per heavy atom. The van der Waals surface area contributed by atoms with Gasteiger partial charge in [-0.3, -0.25) is 53.4 Å². The number of carbonyl (C=O) groups excluding carboxylic acids is 11. The largest absolute Gasteiger partial charge is 0.508 e. The Morgan fingerprint density at radius 2 is 1.33 bits per heavy atom. The van der Waals surface area contributed by atoms with E-state index in [9.17, 15) is 73.2 Å². The fourth-order valence-electron chi connectivity index (χ4n) is 9.53. The van der Waals surface area contributed by atoms with Crippen LogP contribution in [0.5, 0.6) is 11.5 Å². The maximum atomic E-state index is 14.7. The predicted octanol–water partition coefficient (Wildman–Crippen LogP) is 0.432. The number of ether oxygens (including phenoxy) is 2. The average Bonchev–Trinajstić information content (AvgIpc) is 1.31. The van der Waals surface area contributed by atoms with Gasteiger partial charge in [-0.1, -0.05) is 74.9 Å². The van der Waals surface area contributed by atoms with Crippen molar-refractivity contribution in [1.29, 1.82) is 0 Å². The normalized spacial score (nSPS) is 20.0. The first-order chi connectivity index (χ1) is 43.0. The number of urea groups is 1. The number of hydrazine groups is 1. The van der Waals surface area contributed by atoms with Crippen molar-refractivity contribution in [3.8, 4) is 11.5 Å². The smallest absolute Gasteiger partial charge is 0.333 e. The molecular formula is C62H87N9O17S2. The van der Waals surface area contributed by atoms with Crippen LogP contribution in [-0.4, -0.2) is 185 Å². The number of amides is 8. The summed E-state index contributed by atoms with van der Waals surface area (Å²) in [6.07, 6.45) is -1.06. The lowest BCUT2D eigenvalue weighted by atomic mass is 9.88. The van der Waals surface area contributed by atoms with Gasteiger partial charge in [-0.25, -0.2) is 10.2 Å². The first-order valence-electron chi connectivity index (χ1n) is 29.8. The number of hydrogen-bond donors (Lipinski definition) is 14. The first-order valence-corrected chi connectivity index (χ1v) is 31.8. The fourth-order valence-corrected chi connectivity index (χ4v) is 10.3. The summed E-state index contributed by atoms with van der Waals surface area (Å²) < 4.78 is 10.9. The second-order valence-electron chi connectivity index (χ2n) is 22.2. The highest BCUT2D eigenvalue weighted by molar-refractivity contribution is 7.98. The van der Waals surface area contributed by atoms with Crippen LogP contribution in [0, 0.1) is 23.7 Å². The van der Waals surface area contributed by atoms with E-state index in [2.05, 4.69) is 55.4 Å². The number of Topliss-reactive ketones (excluding diaryl/α,β-unsaturated/α-hetero) is 4. The number of thioether (sulfide) groups is 1. The van der Waals surface area contributed by atoms with Crippen molar-refractivity contribution in [2.24, 2.45) is 29.4 Å². The molecule has 14 N–H and O–H groups in total. The molecular weight excluding hydrogens is 1210 g/mol. The molecule has 3 aromatic rings. The van der Waals surface area contributed by atoms with Crippen LogP contribution in [0.2, 0.25) is 0 Å². The number of hydrogen-bond acceptors (Lipinski definition) is 20. The van der Waals surface area contributed by atoms with E-state index >= 15 is 0 Å². The third-order valence-electron chi connectivity index (χ3n) is 15.1. The molecule has 8 amide bonds. The SMILES string of the molecule is CCC(C)[C@@H]1NC(=O)[C@H](Cc2ccccc2)NC(=O)[C@H](Cc2ccc(O)cc2)NC(=O)[C@@H](CC(=O)[C@@H](NC(=O)[C@H](CO)CC(=O)[C@H](Cc2ccc(O)cc2)NC(=O)COCCOCCCC(=O)[C@@H](N)CS)C(C)O)CNC(=O)NNC(=O)[C@H](CCSC)CC1=O. The van der Waals surface area contributed by atoms with Gasteiger partial charge in [0, 0.05) is 63.3 Å². The molecule has 28 heteroatoms. The lowest BCUT2D eigenvalue weighted by Crippen LogP contribution is -2.58. The lowest BCUT2D eigenvalue weighted by molar-refractivity contribution is -0.137. The molecule has 1 aliphatic heterocycles. The quantitative estimate of drug-likeness (QED) is 0.0290. The second kappa shape index (κ2) is 39.6. The van der Waals surface area contributed by atoms with Crippen molar-refractivity contribution in [1.82, 2.24) is 42.8 Å². The van der Waals surface area contributed by atoms with E-state index < -0.39 is 157 Å². The Bertz CT molecular complexity index is 2850. The highest BCUT2D eigenvalue weighted by atomic mass is 32.2. The van der Waals surface area contributed by atoms with Crippen LogP contribution >= 0.6 is 24.4 Å². The maximum absolute atomic E-state index is 14.7. The maximum Gasteiger partial charge on any atom is 0.333 e. The summed E-state index contributed by atoms with van der Waals surface area (Å²) in [5, 5.41) is 57.2. The molecule has 1 fully saturated rings. The number of aliphatic hydroxyl groups excluding tert-OH is 2. The summed E-state index contributed by atoms with van der Waals surface area (Å²) >= 11 is 5.43. The number of thiol groups is 1. The van der Waals surface area contributed by atoms with Crippen LogP contribution < -0.4 is 48.5 Å². The highest BCUT2D eigenvalue weighted by Crippen LogP contribution is 2.21. The van der Waals surface area contributed by atoms with Crippen LogP contribution in [-0.2, 0) is 76.7 Å². The van der Waals surface area contributed by atoms with E-state index in [1.54, 1.807) is 43.5 Å². The minimum absolute atomic E-state index is 0.0279. The monoisotopic (exact) mass is 1290 g/mol. The molecule has 3 aromatic carbocycles. The Kier molecular flexibility index (Phi) is 33.0. The number of carbonyl (C=O) groups is 11. The van der Waals surface area contributed by atoms with Gasteiger partial charge in [-0.05, 0) is 85.1 Å². The van der Waals surface area contributed by atoms with Crippen molar-refractivity contribution in [2.75, 3.05) is 57.3 Å². The van der Waals surface area contributed by atoms with Gasteiger partial charge in [0.1, 0.15) is 42.0 Å². The number of phenols is 2. The van der Waals surface area contributed by atoms with Gasteiger partial charge in [-0.2, -0.15) is 24.4 Å². The molecule has 1 saturated heterocycles. The molecule has 4 rings (SSSR count). The van der Waals surface area contributed by atoms with E-state index in [0.29, 0.717) is 35.3 Å². The molecule has 0 radical (unpaired) electrons. The molecule has 0 aliphatic carbocycles. The van der Waals surface area contributed by atoms with Crippen LogP contribution in [0.4, 0.5) is 4.79 Å². The summed E-state index contributed by atoms with van der Waals surface area (Å²) in [5.41, 5.74) is 11.7. The highest BCUT2D eigenvalue weighted by Gasteiger charge is 2.38. The van der Waals surface area contributed by atoms with Crippen LogP contribution in [0.1, 0.15) is 82.4 Å². The van der Waals surface area contributed by atoms with E-state index in [4.69, 9.17) is 15.2 Å². The topological polar surface area (TPSA) is 409 Å². The van der Waals surface area contributed by atoms with E-state index in [1.807, 2.05) is 6.92 Å². The van der Waals surface area contributed by atoms with Crippen LogP contribution in [0.3, 0.4) is 0 Å². The van der Waals surface area contributed by atoms with Gasteiger partial charge in [0.25, 0.3) is 0 Å². The van der Waals surface area contributed by atoms with Gasteiger partial charge in [-0.15, -0.1) is 0 Å². The zero-order chi connectivity index (χ0) is 66.3. The molecule has 1 aliphatic rings. The van der Waals surface area contributed by atoms with Crippen molar-refractivity contribution in [3.05, 3.63) is 95.6 Å². The van der Waals surface area contributed by atoms with Crippen molar-refractivity contribution < 1.29 is 82.6 Å². The minimum atomic E-state index is -1.83. The van der Waals surface area contributed by atoms with E-state index in [1.165, 1.54) is 60.3 Å². The molecule has 0 bridgehead atoms. The van der Waals surface area contributed by atoms with Gasteiger partial charge in [0.05, 0.1) is 55.9 Å². The Morgan fingerprint density at radius 3 is 1.93 bits per heavy atom. The summed E-state index contributed by atoms with van der Waals surface area (Å²) in [7, 11) is 0. The fraction of sp³-hybridized carbons (Fsp3) is 0.532. The molecule has 0 spiro atoms. The summed E-state index contributed by atoms with van der Waals surface area (Å²) in [6.45, 7) is 2.83. The van der Waals surface area contributed by atoms with Crippen molar-refractivity contribution in [3.63, 3.8) is 0 Å². The second-order valence-corrected chi connectivity index (χ2v) is 23.5. The Labute approximate surface area is 533 Å². The Hall–Kier alpha value is -7.47. The lowest BCUT2D eigenvalue weighted by Gasteiger charge is -2.29. The zero-order valence-electron chi connectivity index (χ0n) is 51.1. The van der Waals surface area contributed by atoms with Gasteiger partial charge in [0.2, 0.25) is 35.4 Å². The predicted molar refractivity (Wildman–Crippen MR) is 336 cm³/mol. The molecule has 90 heavy (non-hydrogen) atoms. The zero-order valence-corrected chi connectivity index (χ0v) is 52.8. The number of phenolic OH excluding ortho intramolecular Hbond substituents is 2. The number of benzene rings is 3. The number of rotatable bonds is 33. The third kappa shape index (κ3) is 26.2. The van der Waals surface area contributed by atoms with E-state index in [-0.39, 0.29) is 81.4 Å². The van der Waals surface area contributed by atoms with Crippen molar-refractivity contribution >= 4 is 89.0 Å². The third-order valence-corrected chi connectivity index (χ3v) is 16.1. The standard InChI is InChI=1S/C62H87N9O17S2/c1-5-36(2)55-52(78)29-41(21-25-90-4)59(83)70-71-62(86)64-32-42(57(81)66-48(28-40-15-19-45(75)20-16-40)60(84)67-49(61(85)68-55)27-38-10-7-6-8-11-38)30-53(79)56(37(3)73)69-58(82)43(33-72)31-51(77)47(26-39-13-17-44(74)18-14-39)65-54(80)34-88-24-23-87-22-9-12-50(76)46(63)35-89/h6-8,10-11,13-20,36-37,41-43,46-49,55-56,72-75,89H,5,9,12,21-35,63H2,1-4H3,(H,65,80)(H,66,81)(H,67,84)(H,68,85)(H,69,82)(H,70,83)(H2,64,71,86)/t36?,37?,41-,42+,43+,46+,47+,48+,49+,55+,56+/m1/s1. The number of nitrogens with two attached hydrogens (primary N) is 1. The molecule has 1 heterocycles. The number of aliphatic hydroxyl groups is 2. The number of aromatic hydroxyl groups is 2. The van der Waals surface area contributed by atoms with Gasteiger partial charge >= 0.3 is 6.03 Å². The van der Waals surface area contributed by atoms with Crippen LogP contribution in [0.25, 0.3) is 0 Å². The molecule has 0 aromatic heterocycles. The van der Waals surface area contributed by atoms with Crippen LogP contribution in [0.15, 0.2) is 78.9 Å². The number of ketones is 4. The Balaban J connectivity index is 1.62. The average molecular weight is 1290 g/mol. The molecule has 494 valence electrons. The molecule has 11 atom stereocenters. The number of nitrogens with one attached hydrogen (secondary N) is 8. The summed E-state index contributed by atoms with van der Waals surface area (Å²) in [5.74, 6) is -11.8. The summed E-state index contributed by atoms with van der Waals surface area (Å²) in [6, 6.07) is 11.1. The van der Waals surface area contributed by atoms with E-state index in [0.717, 1.165) is 6.92 Å². The molecule has 0 saturated carbocycles. The van der Waals surface area contributed by atoms with Gasteiger partial charge < -0.3 is 67.5 Å². The minimum Gasteiger partial charge on any atom is -0.508 e. The van der Waals surface area contributed by atoms with Gasteiger partial charge in [0.15, 0.2) is 17.3 Å². The van der Waals surface area contributed by atoms with Crippen molar-refractivity contribution in [2.45, 2.75) is 127 Å². The first kappa shape index (κ1) is 75.0.